The van der Waals surface area contributed by atoms with E-state index in [1.54, 1.807) is 23.7 Å². The van der Waals surface area contributed by atoms with Crippen LogP contribution in [0.5, 0.6) is 0 Å². The van der Waals surface area contributed by atoms with Crippen LogP contribution < -0.4 is 10.6 Å². The summed E-state index contributed by atoms with van der Waals surface area (Å²) in [5.74, 6) is -0.181. The maximum atomic E-state index is 11.6. The van der Waals surface area contributed by atoms with Gasteiger partial charge >= 0.3 is 6.03 Å². The molecular weight excluding hydrogens is 308 g/mol. The predicted molar refractivity (Wildman–Crippen MR) is 83.5 cm³/mol. The summed E-state index contributed by atoms with van der Waals surface area (Å²) in [6.45, 7) is 0.506. The molecule has 2 aromatic heterocycles. The first-order chi connectivity index (χ1) is 10.1. The smallest absolute Gasteiger partial charge is 0.321 e. The van der Waals surface area contributed by atoms with Crippen molar-refractivity contribution in [3.05, 3.63) is 34.8 Å². The van der Waals surface area contributed by atoms with Gasteiger partial charge in [0.1, 0.15) is 0 Å². The molecule has 0 bridgehead atoms. The van der Waals surface area contributed by atoms with Gasteiger partial charge in [0.15, 0.2) is 5.16 Å². The maximum absolute atomic E-state index is 11.6. The van der Waals surface area contributed by atoms with Gasteiger partial charge in [-0.25, -0.2) is 9.78 Å². The zero-order valence-electron chi connectivity index (χ0n) is 11.5. The van der Waals surface area contributed by atoms with E-state index in [2.05, 4.69) is 15.6 Å². The van der Waals surface area contributed by atoms with Crippen LogP contribution in [-0.2, 0) is 18.3 Å². The fourth-order valence-electron chi connectivity index (χ4n) is 1.58. The third-order valence-corrected chi connectivity index (χ3v) is 4.59. The molecule has 2 N–H and O–H groups in total. The Hall–Kier alpha value is -1.80. The number of hydrogen-bond donors (Lipinski definition) is 2. The number of thiophene rings is 1. The molecule has 112 valence electrons. The van der Waals surface area contributed by atoms with Gasteiger partial charge in [0, 0.05) is 30.9 Å². The van der Waals surface area contributed by atoms with E-state index in [1.807, 2.05) is 29.1 Å². The molecule has 0 saturated heterocycles. The van der Waals surface area contributed by atoms with Crippen LogP contribution >= 0.6 is 23.1 Å². The lowest BCUT2D eigenvalue weighted by Gasteiger charge is -2.06. The molecule has 0 aliphatic rings. The quantitative estimate of drug-likeness (QED) is 0.792. The molecule has 8 heteroatoms. The van der Waals surface area contributed by atoms with E-state index in [4.69, 9.17) is 0 Å². The molecule has 6 nitrogen and oxygen atoms in total. The van der Waals surface area contributed by atoms with Gasteiger partial charge in [-0.15, -0.1) is 11.3 Å². The highest BCUT2D eigenvalue weighted by Crippen LogP contribution is 2.13. The fourth-order valence-corrected chi connectivity index (χ4v) is 3.02. The monoisotopic (exact) mass is 324 g/mol. The number of carbonyl (C=O) groups is 2. The lowest BCUT2D eigenvalue weighted by atomic mass is 10.3. The van der Waals surface area contributed by atoms with E-state index < -0.39 is 6.03 Å². The maximum Gasteiger partial charge on any atom is 0.321 e. The van der Waals surface area contributed by atoms with Gasteiger partial charge in [0.05, 0.1) is 5.75 Å². The molecular formula is C13H16N4O2S2. The average Bonchev–Trinajstić information content (AvgIpc) is 3.08. The van der Waals surface area contributed by atoms with Crippen molar-refractivity contribution in [1.82, 2.24) is 20.2 Å². The number of aromatic nitrogens is 2. The van der Waals surface area contributed by atoms with Crippen LogP contribution in [0.2, 0.25) is 0 Å². The Labute approximate surface area is 131 Å². The number of carbonyl (C=O) groups excluding carboxylic acids is 2. The number of nitrogens with zero attached hydrogens (tertiary/aromatic N) is 2. The van der Waals surface area contributed by atoms with E-state index in [1.165, 1.54) is 16.6 Å². The SMILES string of the molecule is Cn1ccnc1SCC(=O)NC(=O)NCCc1cccs1. The van der Waals surface area contributed by atoms with Crippen LogP contribution in [-0.4, -0.2) is 33.8 Å². The first-order valence-corrected chi connectivity index (χ1v) is 8.22. The number of rotatable bonds is 6. The lowest BCUT2D eigenvalue weighted by molar-refractivity contribution is -0.117. The minimum Gasteiger partial charge on any atom is -0.337 e. The largest absolute Gasteiger partial charge is 0.337 e. The van der Waals surface area contributed by atoms with Crippen LogP contribution in [0.3, 0.4) is 0 Å². The van der Waals surface area contributed by atoms with Crippen molar-refractivity contribution in [3.8, 4) is 0 Å². The van der Waals surface area contributed by atoms with Crippen LogP contribution in [0, 0.1) is 0 Å². The molecule has 2 aromatic rings. The predicted octanol–water partition coefficient (Wildman–Crippen LogP) is 1.64. The number of amides is 3. The van der Waals surface area contributed by atoms with Crippen molar-refractivity contribution in [2.45, 2.75) is 11.6 Å². The second-order valence-electron chi connectivity index (χ2n) is 4.24. The number of aryl methyl sites for hydroxylation is 1. The molecule has 21 heavy (non-hydrogen) atoms. The molecule has 0 aromatic carbocycles. The number of hydrogen-bond acceptors (Lipinski definition) is 5. The first-order valence-electron chi connectivity index (χ1n) is 6.35. The Morgan fingerprint density at radius 1 is 1.48 bits per heavy atom. The van der Waals surface area contributed by atoms with Gasteiger partial charge in [0.25, 0.3) is 0 Å². The summed E-state index contributed by atoms with van der Waals surface area (Å²) in [7, 11) is 1.85. The van der Waals surface area contributed by atoms with E-state index >= 15 is 0 Å². The molecule has 0 spiro atoms. The Morgan fingerprint density at radius 3 is 3.00 bits per heavy atom. The molecule has 0 saturated carbocycles. The summed E-state index contributed by atoms with van der Waals surface area (Å²) < 4.78 is 1.82. The number of nitrogens with one attached hydrogen (secondary N) is 2. The minimum atomic E-state index is -0.461. The summed E-state index contributed by atoms with van der Waals surface area (Å²) in [5.41, 5.74) is 0. The van der Waals surface area contributed by atoms with Gasteiger partial charge < -0.3 is 9.88 Å². The highest BCUT2D eigenvalue weighted by atomic mass is 32.2. The van der Waals surface area contributed by atoms with Crippen molar-refractivity contribution >= 4 is 35.0 Å². The standard InChI is InChI=1S/C13H16N4O2S2/c1-17-7-6-15-13(17)21-9-11(18)16-12(19)14-5-4-10-3-2-8-20-10/h2-3,6-8H,4-5,9H2,1H3,(H2,14,16,18,19). The molecule has 0 atom stereocenters. The number of thioether (sulfide) groups is 1. The second-order valence-corrected chi connectivity index (χ2v) is 6.22. The van der Waals surface area contributed by atoms with Crippen LogP contribution in [0.25, 0.3) is 0 Å². The van der Waals surface area contributed by atoms with E-state index in [9.17, 15) is 9.59 Å². The van der Waals surface area contributed by atoms with Gasteiger partial charge in [-0.05, 0) is 17.9 Å². The Morgan fingerprint density at radius 2 is 2.33 bits per heavy atom. The normalized spacial score (nSPS) is 10.3. The summed E-state index contributed by atoms with van der Waals surface area (Å²) >= 11 is 2.93. The highest BCUT2D eigenvalue weighted by molar-refractivity contribution is 7.99. The van der Waals surface area contributed by atoms with Crippen molar-refractivity contribution in [1.29, 1.82) is 0 Å². The summed E-state index contributed by atoms with van der Waals surface area (Å²) in [5, 5.41) is 7.69. The number of imidazole rings is 1. The Bertz CT molecular complexity index is 595. The summed E-state index contributed by atoms with van der Waals surface area (Å²) in [4.78, 5) is 28.5. The molecule has 0 fully saturated rings. The third kappa shape index (κ3) is 5.24. The fraction of sp³-hybridized carbons (Fsp3) is 0.308. The van der Waals surface area contributed by atoms with Gasteiger partial charge in [0.2, 0.25) is 5.91 Å². The van der Waals surface area contributed by atoms with Gasteiger partial charge in [-0.2, -0.15) is 0 Å². The van der Waals surface area contributed by atoms with Crippen LogP contribution in [0.15, 0.2) is 35.1 Å². The van der Waals surface area contributed by atoms with E-state index in [0.717, 1.165) is 11.6 Å². The zero-order valence-corrected chi connectivity index (χ0v) is 13.2. The van der Waals surface area contributed by atoms with Crippen molar-refractivity contribution < 1.29 is 9.59 Å². The Kier molecular flexibility index (Phi) is 5.82. The van der Waals surface area contributed by atoms with Gasteiger partial charge in [-0.3, -0.25) is 10.1 Å². The molecule has 0 radical (unpaired) electrons. The number of imide groups is 1. The lowest BCUT2D eigenvalue weighted by Crippen LogP contribution is -2.41. The van der Waals surface area contributed by atoms with Gasteiger partial charge in [-0.1, -0.05) is 17.8 Å². The molecule has 2 heterocycles. The molecule has 2 rings (SSSR count). The molecule has 3 amide bonds. The summed E-state index contributed by atoms with van der Waals surface area (Å²) in [6, 6.07) is 3.52. The average molecular weight is 324 g/mol. The van der Waals surface area contributed by atoms with E-state index in [0.29, 0.717) is 6.54 Å². The molecule has 0 aliphatic heterocycles. The second kappa shape index (κ2) is 7.84. The first kappa shape index (κ1) is 15.6. The zero-order chi connectivity index (χ0) is 15.1. The van der Waals surface area contributed by atoms with Crippen molar-refractivity contribution in [2.24, 2.45) is 7.05 Å². The third-order valence-electron chi connectivity index (χ3n) is 2.60. The highest BCUT2D eigenvalue weighted by Gasteiger charge is 2.09. The molecule has 0 unspecified atom stereocenters. The number of urea groups is 1. The Balaban J connectivity index is 1.63. The van der Waals surface area contributed by atoms with Crippen molar-refractivity contribution in [2.75, 3.05) is 12.3 Å². The van der Waals surface area contributed by atoms with Crippen LogP contribution in [0.1, 0.15) is 4.88 Å². The van der Waals surface area contributed by atoms with Crippen molar-refractivity contribution in [3.63, 3.8) is 0 Å². The summed E-state index contributed by atoms with van der Waals surface area (Å²) in [6.07, 6.45) is 4.23. The topological polar surface area (TPSA) is 76.0 Å². The van der Waals surface area contributed by atoms with Crippen LogP contribution in [0.4, 0.5) is 4.79 Å². The minimum absolute atomic E-state index is 0.156. The van der Waals surface area contributed by atoms with E-state index in [-0.39, 0.29) is 11.7 Å². The molecule has 0 aliphatic carbocycles.